The summed E-state index contributed by atoms with van der Waals surface area (Å²) < 4.78 is 0. The van der Waals surface area contributed by atoms with Crippen LogP contribution in [0, 0.1) is 0 Å². The topological polar surface area (TPSA) is 92.2 Å². The Labute approximate surface area is 155 Å². The molecule has 1 heterocycles. The molecule has 2 aromatic rings. The van der Waals surface area contributed by atoms with Gasteiger partial charge in [-0.3, -0.25) is 4.79 Å². The molecule has 1 unspecified atom stereocenters. The highest BCUT2D eigenvalue weighted by atomic mass is 35.5. The van der Waals surface area contributed by atoms with Crippen LogP contribution in [0.4, 0.5) is 0 Å². The molecule has 0 fully saturated rings. The maximum atomic E-state index is 12.4. The number of halogens is 1. The van der Waals surface area contributed by atoms with Gasteiger partial charge in [-0.05, 0) is 12.0 Å². The Morgan fingerprint density at radius 2 is 2.04 bits per heavy atom. The van der Waals surface area contributed by atoms with Crippen molar-refractivity contribution in [3.63, 3.8) is 0 Å². The molecule has 0 saturated carbocycles. The first-order chi connectivity index (χ1) is 12.0. The lowest BCUT2D eigenvalue weighted by atomic mass is 10.1. The number of nitrogens with one attached hydrogen (secondary N) is 1. The first-order valence-electron chi connectivity index (χ1n) is 7.74. The van der Waals surface area contributed by atoms with Gasteiger partial charge in [0.1, 0.15) is 6.04 Å². The minimum Gasteiger partial charge on any atom is -0.480 e. The Bertz CT molecular complexity index is 743. The molecule has 0 aliphatic rings. The Morgan fingerprint density at radius 1 is 1.32 bits per heavy atom. The number of carbonyl (C=O) groups excluding carboxylic acids is 1. The van der Waals surface area contributed by atoms with Gasteiger partial charge in [0.2, 0.25) is 0 Å². The molecule has 2 N–H and O–H groups in total. The molecule has 8 heteroatoms. The Kier molecular flexibility index (Phi) is 7.21. The molecule has 1 atom stereocenters. The number of hydrogen-bond donors (Lipinski definition) is 2. The van der Waals surface area contributed by atoms with Gasteiger partial charge in [0.25, 0.3) is 5.91 Å². The van der Waals surface area contributed by atoms with Crippen molar-refractivity contribution in [3.8, 4) is 0 Å². The third-order valence-corrected chi connectivity index (χ3v) is 4.60. The van der Waals surface area contributed by atoms with E-state index in [2.05, 4.69) is 15.3 Å². The standard InChI is InChI=1S/C17H18ClN3O3S/c1-2-8-25-17-19-10-12(18)14(21-17)15(22)20-13(16(23)24)9-11-6-4-3-5-7-11/h3-7,10,13H,2,8-9H2,1H3,(H,20,22)(H,23,24). The van der Waals surface area contributed by atoms with E-state index in [4.69, 9.17) is 11.6 Å². The summed E-state index contributed by atoms with van der Waals surface area (Å²) in [6.07, 6.45) is 2.47. The summed E-state index contributed by atoms with van der Waals surface area (Å²) in [6.45, 7) is 2.03. The summed E-state index contributed by atoms with van der Waals surface area (Å²) in [5.41, 5.74) is 0.790. The van der Waals surface area contributed by atoms with Gasteiger partial charge in [-0.1, -0.05) is 60.6 Å². The van der Waals surface area contributed by atoms with Gasteiger partial charge < -0.3 is 10.4 Å². The van der Waals surface area contributed by atoms with Crippen molar-refractivity contribution in [1.29, 1.82) is 0 Å². The highest BCUT2D eigenvalue weighted by molar-refractivity contribution is 7.99. The van der Waals surface area contributed by atoms with Crippen molar-refractivity contribution in [3.05, 3.63) is 52.8 Å². The molecule has 0 aliphatic carbocycles. The van der Waals surface area contributed by atoms with Crippen LogP contribution in [-0.2, 0) is 11.2 Å². The van der Waals surface area contributed by atoms with Gasteiger partial charge in [0, 0.05) is 12.2 Å². The average molecular weight is 380 g/mol. The number of aliphatic carboxylic acids is 1. The van der Waals surface area contributed by atoms with E-state index < -0.39 is 17.9 Å². The van der Waals surface area contributed by atoms with E-state index in [9.17, 15) is 14.7 Å². The predicted molar refractivity (Wildman–Crippen MR) is 97.1 cm³/mol. The van der Waals surface area contributed by atoms with Gasteiger partial charge in [-0.25, -0.2) is 14.8 Å². The maximum absolute atomic E-state index is 12.4. The number of rotatable bonds is 8. The fraction of sp³-hybridized carbons (Fsp3) is 0.294. The summed E-state index contributed by atoms with van der Waals surface area (Å²) in [4.78, 5) is 32.1. The number of thioether (sulfide) groups is 1. The summed E-state index contributed by atoms with van der Waals surface area (Å²) in [5, 5.41) is 12.4. The first kappa shape index (κ1) is 19.2. The van der Waals surface area contributed by atoms with E-state index in [-0.39, 0.29) is 17.1 Å². The van der Waals surface area contributed by atoms with Crippen LogP contribution in [0.25, 0.3) is 0 Å². The largest absolute Gasteiger partial charge is 0.480 e. The van der Waals surface area contributed by atoms with Gasteiger partial charge in [0.05, 0.1) is 11.2 Å². The minimum absolute atomic E-state index is 0.0189. The third-order valence-electron chi connectivity index (χ3n) is 3.26. The molecule has 6 nitrogen and oxygen atoms in total. The van der Waals surface area contributed by atoms with Gasteiger partial charge in [0.15, 0.2) is 10.9 Å². The van der Waals surface area contributed by atoms with E-state index in [0.717, 1.165) is 17.7 Å². The van der Waals surface area contributed by atoms with Crippen LogP contribution < -0.4 is 5.32 Å². The molecule has 2 rings (SSSR count). The number of carboxylic acids is 1. The van der Waals surface area contributed by atoms with E-state index in [1.165, 1.54) is 18.0 Å². The van der Waals surface area contributed by atoms with Crippen LogP contribution in [0.1, 0.15) is 29.4 Å². The van der Waals surface area contributed by atoms with Gasteiger partial charge >= 0.3 is 5.97 Å². The quantitative estimate of drug-likeness (QED) is 0.541. The highest BCUT2D eigenvalue weighted by Gasteiger charge is 2.23. The number of amides is 1. The Morgan fingerprint density at radius 3 is 2.68 bits per heavy atom. The zero-order chi connectivity index (χ0) is 18.2. The van der Waals surface area contributed by atoms with Crippen LogP contribution in [-0.4, -0.2) is 38.7 Å². The molecule has 0 spiro atoms. The summed E-state index contributed by atoms with van der Waals surface area (Å²) in [5.74, 6) is -0.939. The van der Waals surface area contributed by atoms with E-state index in [0.29, 0.717) is 5.16 Å². The van der Waals surface area contributed by atoms with Gasteiger partial charge in [-0.2, -0.15) is 0 Å². The van der Waals surface area contributed by atoms with E-state index >= 15 is 0 Å². The molecule has 132 valence electrons. The first-order valence-corrected chi connectivity index (χ1v) is 9.10. The number of aromatic nitrogens is 2. The number of carbonyl (C=O) groups is 2. The highest BCUT2D eigenvalue weighted by Crippen LogP contribution is 2.19. The smallest absolute Gasteiger partial charge is 0.326 e. The van der Waals surface area contributed by atoms with Crippen molar-refractivity contribution >= 4 is 35.2 Å². The molecule has 0 saturated heterocycles. The second kappa shape index (κ2) is 9.39. The van der Waals surface area contributed by atoms with Crippen LogP contribution in [0.5, 0.6) is 0 Å². The lowest BCUT2D eigenvalue weighted by molar-refractivity contribution is -0.139. The number of carboxylic acid groups (broad SMARTS) is 1. The van der Waals surface area contributed by atoms with Crippen molar-refractivity contribution in [2.75, 3.05) is 5.75 Å². The number of benzene rings is 1. The molecule has 1 aromatic heterocycles. The average Bonchev–Trinajstić information content (AvgIpc) is 2.61. The number of nitrogens with zero attached hydrogens (tertiary/aromatic N) is 2. The fourth-order valence-corrected chi connectivity index (χ4v) is 2.90. The molecule has 0 aliphatic heterocycles. The normalized spacial score (nSPS) is 11.8. The SMILES string of the molecule is CCCSc1ncc(Cl)c(C(=O)NC(Cc2ccccc2)C(=O)O)n1. The Hall–Kier alpha value is -2.12. The zero-order valence-electron chi connectivity index (χ0n) is 13.6. The van der Waals surface area contributed by atoms with Crippen molar-refractivity contribution < 1.29 is 14.7 Å². The molecule has 1 aromatic carbocycles. The van der Waals surface area contributed by atoms with E-state index in [1.54, 1.807) is 12.1 Å². The summed E-state index contributed by atoms with van der Waals surface area (Å²) in [6, 6.07) is 8.00. The van der Waals surface area contributed by atoms with Crippen LogP contribution in [0.3, 0.4) is 0 Å². The second-order valence-electron chi connectivity index (χ2n) is 5.25. The van der Waals surface area contributed by atoms with Crippen LogP contribution in [0.2, 0.25) is 5.02 Å². The maximum Gasteiger partial charge on any atom is 0.326 e. The molecular weight excluding hydrogens is 362 g/mol. The predicted octanol–water partition coefficient (Wildman–Crippen LogP) is 3.06. The summed E-state index contributed by atoms with van der Waals surface area (Å²) in [7, 11) is 0. The van der Waals surface area contributed by atoms with Crippen LogP contribution >= 0.6 is 23.4 Å². The van der Waals surface area contributed by atoms with Gasteiger partial charge in [-0.15, -0.1) is 0 Å². The molecule has 0 radical (unpaired) electrons. The summed E-state index contributed by atoms with van der Waals surface area (Å²) >= 11 is 7.42. The lowest BCUT2D eigenvalue weighted by Crippen LogP contribution is -2.42. The van der Waals surface area contributed by atoms with Crippen molar-refractivity contribution in [1.82, 2.24) is 15.3 Å². The third kappa shape index (κ3) is 5.72. The van der Waals surface area contributed by atoms with Crippen molar-refractivity contribution in [2.45, 2.75) is 31.0 Å². The lowest BCUT2D eigenvalue weighted by Gasteiger charge is -2.15. The number of hydrogen-bond acceptors (Lipinski definition) is 5. The molecule has 0 bridgehead atoms. The fourth-order valence-electron chi connectivity index (χ4n) is 2.05. The second-order valence-corrected chi connectivity index (χ2v) is 6.72. The monoisotopic (exact) mass is 379 g/mol. The zero-order valence-corrected chi connectivity index (χ0v) is 15.2. The van der Waals surface area contributed by atoms with Crippen molar-refractivity contribution in [2.24, 2.45) is 0 Å². The minimum atomic E-state index is -1.12. The Balaban J connectivity index is 2.14. The van der Waals surface area contributed by atoms with Crippen LogP contribution in [0.15, 0.2) is 41.7 Å². The molecule has 25 heavy (non-hydrogen) atoms. The molecular formula is C17H18ClN3O3S. The van der Waals surface area contributed by atoms with E-state index in [1.807, 2.05) is 25.1 Å². The molecule has 1 amide bonds.